The molecule has 0 saturated heterocycles. The van der Waals surface area contributed by atoms with Crippen molar-refractivity contribution in [2.45, 2.75) is 32.7 Å². The quantitative estimate of drug-likeness (QED) is 0.774. The molecule has 1 N–H and O–H groups in total. The maximum absolute atomic E-state index is 6.41. The van der Waals surface area contributed by atoms with E-state index in [-0.39, 0.29) is 0 Å². The van der Waals surface area contributed by atoms with E-state index in [9.17, 15) is 0 Å². The molecule has 0 bridgehead atoms. The molecule has 0 spiro atoms. The lowest BCUT2D eigenvalue weighted by atomic mass is 10.0. The van der Waals surface area contributed by atoms with E-state index in [0.29, 0.717) is 6.04 Å². The van der Waals surface area contributed by atoms with Gasteiger partial charge in [-0.1, -0.05) is 30.7 Å². The molecule has 1 atom stereocenters. The smallest absolute Gasteiger partial charge is 0.118 e. The molecule has 0 aliphatic heterocycles. The molecular formula is C17H22ClNOS. The number of halogens is 1. The van der Waals surface area contributed by atoms with Crippen molar-refractivity contribution in [2.24, 2.45) is 0 Å². The number of ether oxygens (including phenoxy) is 1. The molecule has 114 valence electrons. The first-order valence-electron chi connectivity index (χ1n) is 7.25. The predicted octanol–water partition coefficient (Wildman–Crippen LogP) is 5.00. The van der Waals surface area contributed by atoms with Crippen LogP contribution in [0, 0.1) is 6.92 Å². The van der Waals surface area contributed by atoms with E-state index in [2.05, 4.69) is 36.7 Å². The molecular weight excluding hydrogens is 302 g/mol. The van der Waals surface area contributed by atoms with E-state index in [1.54, 1.807) is 18.4 Å². The van der Waals surface area contributed by atoms with Crippen LogP contribution in [-0.4, -0.2) is 13.7 Å². The van der Waals surface area contributed by atoms with Gasteiger partial charge in [-0.3, -0.25) is 0 Å². The number of hydrogen-bond donors (Lipinski definition) is 1. The van der Waals surface area contributed by atoms with Crippen molar-refractivity contribution in [3.8, 4) is 5.75 Å². The molecule has 2 aromatic rings. The van der Waals surface area contributed by atoms with Crippen LogP contribution in [0.15, 0.2) is 29.6 Å². The van der Waals surface area contributed by atoms with Crippen LogP contribution in [0.25, 0.3) is 0 Å². The Morgan fingerprint density at radius 1 is 1.29 bits per heavy atom. The summed E-state index contributed by atoms with van der Waals surface area (Å²) in [5, 5.41) is 6.60. The summed E-state index contributed by atoms with van der Waals surface area (Å²) in [6.07, 6.45) is 2.06. The van der Waals surface area contributed by atoms with Gasteiger partial charge >= 0.3 is 0 Å². The summed E-state index contributed by atoms with van der Waals surface area (Å²) in [7, 11) is 1.69. The van der Waals surface area contributed by atoms with Crippen molar-refractivity contribution in [1.82, 2.24) is 5.32 Å². The van der Waals surface area contributed by atoms with Gasteiger partial charge in [-0.15, -0.1) is 11.3 Å². The summed E-state index contributed by atoms with van der Waals surface area (Å²) in [6.45, 7) is 5.14. The fourth-order valence-electron chi connectivity index (χ4n) is 2.36. The third-order valence-corrected chi connectivity index (χ3v) is 5.40. The van der Waals surface area contributed by atoms with Gasteiger partial charge in [-0.2, -0.15) is 0 Å². The zero-order valence-corrected chi connectivity index (χ0v) is 14.4. The normalized spacial score (nSPS) is 12.4. The van der Waals surface area contributed by atoms with Crippen LogP contribution in [0.4, 0.5) is 0 Å². The van der Waals surface area contributed by atoms with Gasteiger partial charge in [-0.25, -0.2) is 0 Å². The van der Waals surface area contributed by atoms with Crippen molar-refractivity contribution < 1.29 is 4.74 Å². The van der Waals surface area contributed by atoms with Gasteiger partial charge < -0.3 is 10.1 Å². The maximum atomic E-state index is 6.41. The molecule has 1 heterocycles. The lowest BCUT2D eigenvalue weighted by molar-refractivity contribution is 0.414. The summed E-state index contributed by atoms with van der Waals surface area (Å²) in [4.78, 5) is 1.25. The summed E-state index contributed by atoms with van der Waals surface area (Å²) in [6, 6.07) is 8.61. The van der Waals surface area contributed by atoms with Gasteiger partial charge in [0.1, 0.15) is 5.75 Å². The Kier molecular flexibility index (Phi) is 6.09. The summed E-state index contributed by atoms with van der Waals surface area (Å²) >= 11 is 8.17. The van der Waals surface area contributed by atoms with Crippen LogP contribution < -0.4 is 10.1 Å². The van der Waals surface area contributed by atoms with Crippen molar-refractivity contribution in [3.63, 3.8) is 0 Å². The Morgan fingerprint density at radius 3 is 2.52 bits per heavy atom. The zero-order valence-electron chi connectivity index (χ0n) is 12.8. The minimum absolute atomic E-state index is 0.323. The number of aryl methyl sites for hydroxylation is 2. The molecule has 2 nitrogen and oxygen atoms in total. The Balaban J connectivity index is 2.04. The molecule has 0 aliphatic rings. The van der Waals surface area contributed by atoms with Crippen LogP contribution in [0.2, 0.25) is 5.02 Å². The van der Waals surface area contributed by atoms with Gasteiger partial charge in [0.25, 0.3) is 0 Å². The summed E-state index contributed by atoms with van der Waals surface area (Å²) < 4.78 is 5.19. The molecule has 1 aromatic carbocycles. The second kappa shape index (κ2) is 7.83. The fourth-order valence-corrected chi connectivity index (χ4v) is 3.80. The van der Waals surface area contributed by atoms with E-state index in [0.717, 1.165) is 30.2 Å². The highest BCUT2D eigenvalue weighted by atomic mass is 35.5. The predicted molar refractivity (Wildman–Crippen MR) is 91.8 cm³/mol. The topological polar surface area (TPSA) is 21.3 Å². The molecule has 21 heavy (non-hydrogen) atoms. The molecule has 2 rings (SSSR count). The van der Waals surface area contributed by atoms with E-state index >= 15 is 0 Å². The number of rotatable bonds is 7. The minimum atomic E-state index is 0.323. The highest BCUT2D eigenvalue weighted by molar-refractivity contribution is 7.10. The molecule has 0 fully saturated rings. The Hall–Kier alpha value is -1.03. The first kappa shape index (κ1) is 16.3. The van der Waals surface area contributed by atoms with Crippen molar-refractivity contribution in [2.75, 3.05) is 13.7 Å². The molecule has 0 radical (unpaired) electrons. The highest BCUT2D eigenvalue weighted by Gasteiger charge is 2.17. The van der Waals surface area contributed by atoms with E-state index in [1.165, 1.54) is 16.0 Å². The first-order chi connectivity index (χ1) is 10.2. The van der Waals surface area contributed by atoms with Crippen LogP contribution in [-0.2, 0) is 6.42 Å². The molecule has 4 heteroatoms. The van der Waals surface area contributed by atoms with Crippen molar-refractivity contribution in [1.29, 1.82) is 0 Å². The van der Waals surface area contributed by atoms with Gasteiger partial charge in [0, 0.05) is 10.9 Å². The molecule has 0 amide bonds. The van der Waals surface area contributed by atoms with Crippen LogP contribution in [0.1, 0.15) is 35.4 Å². The third kappa shape index (κ3) is 4.22. The van der Waals surface area contributed by atoms with Gasteiger partial charge in [0.15, 0.2) is 0 Å². The SMILES string of the molecule is CCNC(CCc1ccc(OC)cc1)c1scc(C)c1Cl. The zero-order chi connectivity index (χ0) is 15.2. The second-order valence-electron chi connectivity index (χ2n) is 5.09. The maximum Gasteiger partial charge on any atom is 0.118 e. The number of nitrogens with one attached hydrogen (secondary N) is 1. The van der Waals surface area contributed by atoms with Gasteiger partial charge in [0.2, 0.25) is 0 Å². The lowest BCUT2D eigenvalue weighted by Gasteiger charge is -2.17. The van der Waals surface area contributed by atoms with E-state index in [1.807, 2.05) is 12.1 Å². The standard InChI is InChI=1S/C17H22ClNOS/c1-4-19-15(17-16(18)12(2)11-21-17)10-7-13-5-8-14(20-3)9-6-13/h5-6,8-9,11,15,19H,4,7,10H2,1-3H3. The van der Waals surface area contributed by atoms with Crippen molar-refractivity contribution >= 4 is 22.9 Å². The number of benzene rings is 1. The largest absolute Gasteiger partial charge is 0.497 e. The number of methoxy groups -OCH3 is 1. The Labute approximate surface area is 136 Å². The summed E-state index contributed by atoms with van der Waals surface area (Å²) in [5.74, 6) is 0.902. The fraction of sp³-hybridized carbons (Fsp3) is 0.412. The van der Waals surface area contributed by atoms with Crippen LogP contribution >= 0.6 is 22.9 Å². The molecule has 1 unspecified atom stereocenters. The highest BCUT2D eigenvalue weighted by Crippen LogP contribution is 2.34. The average Bonchev–Trinajstić information content (AvgIpc) is 2.84. The Morgan fingerprint density at radius 2 is 2.00 bits per heavy atom. The van der Waals surface area contributed by atoms with Crippen molar-refractivity contribution in [3.05, 3.63) is 50.7 Å². The number of thiophene rings is 1. The van der Waals surface area contributed by atoms with Crippen LogP contribution in [0.5, 0.6) is 5.75 Å². The molecule has 0 saturated carbocycles. The van der Waals surface area contributed by atoms with Crippen LogP contribution in [0.3, 0.4) is 0 Å². The van der Waals surface area contributed by atoms with E-state index in [4.69, 9.17) is 16.3 Å². The van der Waals surface area contributed by atoms with Gasteiger partial charge in [-0.05, 0) is 54.9 Å². The average molecular weight is 324 g/mol. The molecule has 1 aromatic heterocycles. The van der Waals surface area contributed by atoms with E-state index < -0.39 is 0 Å². The first-order valence-corrected chi connectivity index (χ1v) is 8.51. The third-order valence-electron chi connectivity index (χ3n) is 3.57. The number of hydrogen-bond acceptors (Lipinski definition) is 3. The van der Waals surface area contributed by atoms with Gasteiger partial charge in [0.05, 0.1) is 12.1 Å². The monoisotopic (exact) mass is 323 g/mol. The summed E-state index contributed by atoms with van der Waals surface area (Å²) in [5.41, 5.74) is 2.49. The minimum Gasteiger partial charge on any atom is -0.497 e. The molecule has 0 aliphatic carbocycles. The Bertz CT molecular complexity index is 565. The second-order valence-corrected chi connectivity index (χ2v) is 6.38. The lowest BCUT2D eigenvalue weighted by Crippen LogP contribution is -2.21.